The van der Waals surface area contributed by atoms with Gasteiger partial charge in [-0.2, -0.15) is 0 Å². The van der Waals surface area contributed by atoms with Crippen LogP contribution >= 0.6 is 0 Å². The van der Waals surface area contributed by atoms with Gasteiger partial charge in [0.2, 0.25) is 0 Å². The van der Waals surface area contributed by atoms with Gasteiger partial charge in [-0.3, -0.25) is 0 Å². The van der Waals surface area contributed by atoms with Gasteiger partial charge < -0.3 is 10.5 Å². The van der Waals surface area contributed by atoms with Gasteiger partial charge in [-0.25, -0.2) is 4.39 Å². The standard InChI is InChI=1S/C16H24FNO/c1-3-12-6-4-5-7-16(12)19-13-8-9-14(11(2)18)15(17)10-13/h8-12,16H,3-7,18H2,1-2H3/t11-,12?,16?/m0/s1. The number of halogens is 1. The summed E-state index contributed by atoms with van der Waals surface area (Å²) in [6.07, 6.45) is 6.17. The Morgan fingerprint density at radius 3 is 2.74 bits per heavy atom. The van der Waals surface area contributed by atoms with Gasteiger partial charge in [0.15, 0.2) is 0 Å². The number of ether oxygens (including phenoxy) is 1. The van der Waals surface area contributed by atoms with E-state index in [4.69, 9.17) is 10.5 Å². The van der Waals surface area contributed by atoms with Crippen LogP contribution in [0.5, 0.6) is 5.75 Å². The molecular weight excluding hydrogens is 241 g/mol. The highest BCUT2D eigenvalue weighted by Crippen LogP contribution is 2.31. The molecule has 19 heavy (non-hydrogen) atoms. The van der Waals surface area contributed by atoms with E-state index in [1.165, 1.54) is 25.3 Å². The molecule has 1 aliphatic rings. The van der Waals surface area contributed by atoms with E-state index in [0.29, 0.717) is 17.2 Å². The van der Waals surface area contributed by atoms with Gasteiger partial charge in [0.05, 0.1) is 0 Å². The van der Waals surface area contributed by atoms with Crippen molar-refractivity contribution in [2.45, 2.75) is 58.1 Å². The summed E-state index contributed by atoms with van der Waals surface area (Å²) in [5.41, 5.74) is 6.26. The molecule has 1 aliphatic carbocycles. The van der Waals surface area contributed by atoms with Crippen molar-refractivity contribution < 1.29 is 9.13 Å². The molecule has 1 aromatic carbocycles. The smallest absolute Gasteiger partial charge is 0.131 e. The summed E-state index contributed by atoms with van der Waals surface area (Å²) >= 11 is 0. The molecule has 2 unspecified atom stereocenters. The predicted octanol–water partition coefficient (Wildman–Crippen LogP) is 4.19. The van der Waals surface area contributed by atoms with Crippen LogP contribution in [0.1, 0.15) is 57.6 Å². The highest BCUT2D eigenvalue weighted by molar-refractivity contribution is 5.30. The molecule has 3 atom stereocenters. The highest BCUT2D eigenvalue weighted by atomic mass is 19.1. The van der Waals surface area contributed by atoms with E-state index in [1.54, 1.807) is 13.0 Å². The molecule has 3 heteroatoms. The third-order valence-electron chi connectivity index (χ3n) is 4.11. The molecular formula is C16H24FNO. The van der Waals surface area contributed by atoms with Gasteiger partial charge in [0.25, 0.3) is 0 Å². The molecule has 2 rings (SSSR count). The summed E-state index contributed by atoms with van der Waals surface area (Å²) in [5, 5.41) is 0. The molecule has 2 nitrogen and oxygen atoms in total. The van der Waals surface area contributed by atoms with Crippen molar-refractivity contribution in [2.75, 3.05) is 0 Å². The Kier molecular flexibility index (Phi) is 4.81. The van der Waals surface area contributed by atoms with Gasteiger partial charge in [0, 0.05) is 17.7 Å². The lowest BCUT2D eigenvalue weighted by atomic mass is 9.85. The van der Waals surface area contributed by atoms with Gasteiger partial charge >= 0.3 is 0 Å². The molecule has 0 spiro atoms. The summed E-state index contributed by atoms with van der Waals surface area (Å²) in [5.74, 6) is 0.966. The zero-order valence-corrected chi connectivity index (χ0v) is 11.9. The molecule has 1 aromatic rings. The zero-order valence-electron chi connectivity index (χ0n) is 11.9. The van der Waals surface area contributed by atoms with Crippen LogP contribution < -0.4 is 10.5 Å². The first-order valence-electron chi connectivity index (χ1n) is 7.33. The SMILES string of the molecule is CCC1CCCCC1Oc1ccc([C@H](C)N)c(F)c1. The monoisotopic (exact) mass is 265 g/mol. The second-order valence-corrected chi connectivity index (χ2v) is 5.58. The van der Waals surface area contributed by atoms with Crippen LogP contribution in [0.3, 0.4) is 0 Å². The Morgan fingerprint density at radius 1 is 1.37 bits per heavy atom. The quantitative estimate of drug-likeness (QED) is 0.885. The van der Waals surface area contributed by atoms with Gasteiger partial charge in [0.1, 0.15) is 17.7 Å². The molecule has 1 fully saturated rings. The fourth-order valence-corrected chi connectivity index (χ4v) is 2.92. The lowest BCUT2D eigenvalue weighted by Gasteiger charge is -2.31. The lowest BCUT2D eigenvalue weighted by Crippen LogP contribution is -2.29. The van der Waals surface area contributed by atoms with Gasteiger partial charge in [-0.1, -0.05) is 19.4 Å². The lowest BCUT2D eigenvalue weighted by molar-refractivity contribution is 0.0900. The third kappa shape index (κ3) is 3.47. The Hall–Kier alpha value is -1.09. The zero-order chi connectivity index (χ0) is 13.8. The molecule has 0 radical (unpaired) electrons. The number of hydrogen-bond acceptors (Lipinski definition) is 2. The first-order chi connectivity index (χ1) is 9.11. The average molecular weight is 265 g/mol. The highest BCUT2D eigenvalue weighted by Gasteiger charge is 2.25. The molecule has 0 amide bonds. The largest absolute Gasteiger partial charge is 0.490 e. The van der Waals surface area contributed by atoms with Crippen molar-refractivity contribution in [2.24, 2.45) is 11.7 Å². The van der Waals surface area contributed by atoms with Crippen LogP contribution in [-0.2, 0) is 0 Å². The second-order valence-electron chi connectivity index (χ2n) is 5.58. The summed E-state index contributed by atoms with van der Waals surface area (Å²) < 4.78 is 19.9. The number of hydrogen-bond donors (Lipinski definition) is 1. The van der Waals surface area contributed by atoms with E-state index >= 15 is 0 Å². The van der Waals surface area contributed by atoms with E-state index in [1.807, 2.05) is 6.07 Å². The minimum atomic E-state index is -0.285. The van der Waals surface area contributed by atoms with E-state index in [0.717, 1.165) is 12.8 Å². The molecule has 0 heterocycles. The number of nitrogens with two attached hydrogens (primary N) is 1. The summed E-state index contributed by atoms with van der Waals surface area (Å²) in [4.78, 5) is 0. The maximum atomic E-state index is 13.9. The minimum absolute atomic E-state index is 0.235. The van der Waals surface area contributed by atoms with Crippen LogP contribution in [-0.4, -0.2) is 6.10 Å². The molecule has 1 saturated carbocycles. The van der Waals surface area contributed by atoms with Crippen LogP contribution in [0.15, 0.2) is 18.2 Å². The normalized spacial score (nSPS) is 25.1. The number of benzene rings is 1. The number of rotatable bonds is 4. The maximum Gasteiger partial charge on any atom is 0.131 e. The van der Waals surface area contributed by atoms with Crippen molar-refractivity contribution in [1.29, 1.82) is 0 Å². The Balaban J connectivity index is 2.08. The summed E-state index contributed by atoms with van der Waals surface area (Å²) in [7, 11) is 0. The molecule has 106 valence electrons. The minimum Gasteiger partial charge on any atom is -0.490 e. The summed E-state index contributed by atoms with van der Waals surface area (Å²) in [6.45, 7) is 3.99. The van der Waals surface area contributed by atoms with Crippen molar-refractivity contribution in [3.63, 3.8) is 0 Å². The van der Waals surface area contributed by atoms with Crippen LogP contribution in [0.2, 0.25) is 0 Å². The molecule has 0 aromatic heterocycles. The second kappa shape index (κ2) is 6.38. The fourth-order valence-electron chi connectivity index (χ4n) is 2.92. The Labute approximate surface area is 115 Å². The van der Waals surface area contributed by atoms with Crippen LogP contribution in [0.25, 0.3) is 0 Å². The van der Waals surface area contributed by atoms with E-state index < -0.39 is 0 Å². The molecule has 0 saturated heterocycles. The maximum absolute atomic E-state index is 13.9. The van der Waals surface area contributed by atoms with Gasteiger partial charge in [-0.05, 0) is 44.6 Å². The first kappa shape index (κ1) is 14.3. The van der Waals surface area contributed by atoms with Crippen LogP contribution in [0, 0.1) is 11.7 Å². The molecule has 0 aliphatic heterocycles. The van der Waals surface area contributed by atoms with Gasteiger partial charge in [-0.15, -0.1) is 0 Å². The van der Waals surface area contributed by atoms with E-state index in [-0.39, 0.29) is 18.0 Å². The van der Waals surface area contributed by atoms with Crippen LogP contribution in [0.4, 0.5) is 4.39 Å². The van der Waals surface area contributed by atoms with E-state index in [9.17, 15) is 4.39 Å². The first-order valence-corrected chi connectivity index (χ1v) is 7.33. The fraction of sp³-hybridized carbons (Fsp3) is 0.625. The van der Waals surface area contributed by atoms with Crippen molar-refractivity contribution in [3.05, 3.63) is 29.6 Å². The van der Waals surface area contributed by atoms with Crippen molar-refractivity contribution in [1.82, 2.24) is 0 Å². The van der Waals surface area contributed by atoms with Crippen molar-refractivity contribution in [3.8, 4) is 5.75 Å². The molecule has 2 N–H and O–H groups in total. The average Bonchev–Trinajstić information content (AvgIpc) is 2.39. The predicted molar refractivity (Wildman–Crippen MR) is 75.7 cm³/mol. The van der Waals surface area contributed by atoms with Crippen molar-refractivity contribution >= 4 is 0 Å². The topological polar surface area (TPSA) is 35.2 Å². The Bertz CT molecular complexity index is 419. The Morgan fingerprint density at radius 2 is 2.11 bits per heavy atom. The summed E-state index contributed by atoms with van der Waals surface area (Å²) in [6, 6.07) is 4.76. The molecule has 0 bridgehead atoms. The third-order valence-corrected chi connectivity index (χ3v) is 4.11. The van der Waals surface area contributed by atoms with E-state index in [2.05, 4.69) is 6.92 Å².